The van der Waals surface area contributed by atoms with Gasteiger partial charge in [0.2, 0.25) is 0 Å². The molecular weight excluding hydrogens is 287 g/mol. The SMILES string of the molecule is O=c1c(=O)n(-c2ccc(F)cc2)ccn1CC1CCOCC1. The van der Waals surface area contributed by atoms with Crippen molar-refractivity contribution >= 4 is 0 Å². The van der Waals surface area contributed by atoms with Crippen LogP contribution in [0.2, 0.25) is 0 Å². The van der Waals surface area contributed by atoms with Gasteiger partial charge in [-0.05, 0) is 43.0 Å². The lowest BCUT2D eigenvalue weighted by molar-refractivity contribution is 0.0609. The molecule has 0 bridgehead atoms. The van der Waals surface area contributed by atoms with Crippen LogP contribution in [0.15, 0.2) is 46.2 Å². The molecule has 1 aliphatic heterocycles. The summed E-state index contributed by atoms with van der Waals surface area (Å²) >= 11 is 0. The molecule has 116 valence electrons. The molecule has 0 saturated carbocycles. The lowest BCUT2D eigenvalue weighted by Gasteiger charge is -2.22. The van der Waals surface area contributed by atoms with Crippen molar-refractivity contribution in [3.8, 4) is 5.69 Å². The third-order valence-corrected chi connectivity index (χ3v) is 3.96. The second-order valence-corrected chi connectivity index (χ2v) is 5.46. The van der Waals surface area contributed by atoms with E-state index in [4.69, 9.17) is 4.74 Å². The maximum Gasteiger partial charge on any atom is 0.320 e. The predicted octanol–water partition coefficient (Wildman–Crippen LogP) is 1.56. The zero-order valence-corrected chi connectivity index (χ0v) is 12.1. The fourth-order valence-corrected chi connectivity index (χ4v) is 2.66. The van der Waals surface area contributed by atoms with Crippen molar-refractivity contribution in [1.82, 2.24) is 9.13 Å². The minimum Gasteiger partial charge on any atom is -0.381 e. The van der Waals surface area contributed by atoms with Gasteiger partial charge in [-0.3, -0.25) is 14.2 Å². The first-order valence-corrected chi connectivity index (χ1v) is 7.31. The van der Waals surface area contributed by atoms with E-state index in [1.54, 1.807) is 12.4 Å². The van der Waals surface area contributed by atoms with Gasteiger partial charge in [0.1, 0.15) is 5.82 Å². The summed E-state index contributed by atoms with van der Waals surface area (Å²) in [4.78, 5) is 24.5. The first-order chi connectivity index (χ1) is 10.6. The maximum absolute atomic E-state index is 12.9. The Labute approximate surface area is 126 Å². The van der Waals surface area contributed by atoms with E-state index >= 15 is 0 Å². The fraction of sp³-hybridized carbons (Fsp3) is 0.375. The zero-order valence-electron chi connectivity index (χ0n) is 12.1. The van der Waals surface area contributed by atoms with E-state index in [0.29, 0.717) is 31.4 Å². The maximum atomic E-state index is 12.9. The molecule has 0 amide bonds. The molecule has 0 spiro atoms. The van der Waals surface area contributed by atoms with Crippen molar-refractivity contribution in [2.75, 3.05) is 13.2 Å². The van der Waals surface area contributed by atoms with Gasteiger partial charge in [-0.2, -0.15) is 0 Å². The summed E-state index contributed by atoms with van der Waals surface area (Å²) in [6.07, 6.45) is 4.96. The van der Waals surface area contributed by atoms with E-state index in [-0.39, 0.29) is 5.82 Å². The van der Waals surface area contributed by atoms with E-state index in [2.05, 4.69) is 0 Å². The highest BCUT2D eigenvalue weighted by atomic mass is 19.1. The molecule has 0 atom stereocenters. The molecule has 2 aromatic rings. The van der Waals surface area contributed by atoms with Crippen molar-refractivity contribution in [3.05, 3.63) is 63.2 Å². The van der Waals surface area contributed by atoms with Gasteiger partial charge in [0.25, 0.3) is 0 Å². The summed E-state index contributed by atoms with van der Waals surface area (Å²) in [7, 11) is 0. The van der Waals surface area contributed by atoms with Crippen molar-refractivity contribution in [2.24, 2.45) is 5.92 Å². The highest BCUT2D eigenvalue weighted by Gasteiger charge is 2.16. The van der Waals surface area contributed by atoms with Crippen molar-refractivity contribution in [3.63, 3.8) is 0 Å². The molecule has 22 heavy (non-hydrogen) atoms. The lowest BCUT2D eigenvalue weighted by Crippen LogP contribution is -2.41. The van der Waals surface area contributed by atoms with Crippen molar-refractivity contribution in [1.29, 1.82) is 0 Å². The van der Waals surface area contributed by atoms with Gasteiger partial charge in [0.15, 0.2) is 0 Å². The number of rotatable bonds is 3. The number of halogens is 1. The van der Waals surface area contributed by atoms with Crippen LogP contribution in [0.3, 0.4) is 0 Å². The Bertz CT molecular complexity index is 758. The van der Waals surface area contributed by atoms with E-state index in [9.17, 15) is 14.0 Å². The average Bonchev–Trinajstić information content (AvgIpc) is 2.54. The van der Waals surface area contributed by atoms with Gasteiger partial charge in [-0.25, -0.2) is 4.39 Å². The summed E-state index contributed by atoms with van der Waals surface area (Å²) in [6, 6.07) is 5.46. The topological polar surface area (TPSA) is 53.2 Å². The molecule has 1 saturated heterocycles. The number of aromatic nitrogens is 2. The molecule has 5 nitrogen and oxygen atoms in total. The normalized spacial score (nSPS) is 15.9. The third kappa shape index (κ3) is 3.01. The average molecular weight is 304 g/mol. The smallest absolute Gasteiger partial charge is 0.320 e. The summed E-state index contributed by atoms with van der Waals surface area (Å²) in [5.74, 6) is -0.0304. The molecule has 0 radical (unpaired) electrons. The first-order valence-electron chi connectivity index (χ1n) is 7.31. The summed E-state index contributed by atoms with van der Waals surface area (Å²) in [5, 5.41) is 0. The van der Waals surface area contributed by atoms with Gasteiger partial charge >= 0.3 is 11.1 Å². The summed E-state index contributed by atoms with van der Waals surface area (Å²) in [6.45, 7) is 1.93. The van der Waals surface area contributed by atoms with E-state index in [0.717, 1.165) is 12.8 Å². The number of hydrogen-bond donors (Lipinski definition) is 0. The molecule has 0 unspecified atom stereocenters. The minimum atomic E-state index is -0.624. The molecule has 1 aromatic carbocycles. The molecule has 3 rings (SSSR count). The van der Waals surface area contributed by atoms with Gasteiger partial charge < -0.3 is 9.30 Å². The van der Waals surface area contributed by atoms with Crippen LogP contribution in [0.5, 0.6) is 0 Å². The highest BCUT2D eigenvalue weighted by molar-refractivity contribution is 5.31. The van der Waals surface area contributed by atoms with E-state index < -0.39 is 11.1 Å². The van der Waals surface area contributed by atoms with E-state index in [1.165, 1.54) is 33.4 Å². The molecular formula is C16H17FN2O3. The van der Waals surface area contributed by atoms with Crippen LogP contribution in [-0.4, -0.2) is 22.3 Å². The largest absolute Gasteiger partial charge is 0.381 e. The Morgan fingerprint density at radius 2 is 1.73 bits per heavy atom. The quantitative estimate of drug-likeness (QED) is 0.809. The molecule has 2 heterocycles. The first kappa shape index (κ1) is 14.7. The standard InChI is InChI=1S/C16H17FN2O3/c17-13-1-3-14(4-2-13)19-8-7-18(15(20)16(19)21)11-12-5-9-22-10-6-12/h1-4,7-8,12H,5-6,9-11H2. The van der Waals surface area contributed by atoms with Crippen LogP contribution < -0.4 is 11.1 Å². The zero-order chi connectivity index (χ0) is 15.5. The predicted molar refractivity (Wildman–Crippen MR) is 79.8 cm³/mol. The van der Waals surface area contributed by atoms with Gasteiger partial charge in [-0.15, -0.1) is 0 Å². The third-order valence-electron chi connectivity index (χ3n) is 3.96. The molecule has 0 aliphatic carbocycles. The van der Waals surface area contributed by atoms with E-state index in [1.807, 2.05) is 0 Å². The molecule has 6 heteroatoms. The van der Waals surface area contributed by atoms with Crippen LogP contribution in [0, 0.1) is 11.7 Å². The van der Waals surface area contributed by atoms with Crippen LogP contribution in [0.4, 0.5) is 4.39 Å². The van der Waals surface area contributed by atoms with Crippen LogP contribution in [0.1, 0.15) is 12.8 Å². The number of ether oxygens (including phenoxy) is 1. The van der Waals surface area contributed by atoms with Crippen molar-refractivity contribution in [2.45, 2.75) is 19.4 Å². The number of benzene rings is 1. The van der Waals surface area contributed by atoms with Crippen LogP contribution in [0.25, 0.3) is 5.69 Å². The monoisotopic (exact) mass is 304 g/mol. The molecule has 1 aliphatic rings. The van der Waals surface area contributed by atoms with Crippen LogP contribution >= 0.6 is 0 Å². The Balaban J connectivity index is 1.89. The van der Waals surface area contributed by atoms with Gasteiger partial charge in [0.05, 0.1) is 0 Å². The molecule has 1 fully saturated rings. The van der Waals surface area contributed by atoms with Gasteiger partial charge in [0, 0.05) is 37.8 Å². The second kappa shape index (κ2) is 6.27. The number of hydrogen-bond acceptors (Lipinski definition) is 3. The summed E-state index contributed by atoms with van der Waals surface area (Å²) in [5.41, 5.74) is -0.707. The molecule has 1 aromatic heterocycles. The van der Waals surface area contributed by atoms with Crippen LogP contribution in [-0.2, 0) is 11.3 Å². The highest BCUT2D eigenvalue weighted by Crippen LogP contribution is 2.15. The molecule has 0 N–H and O–H groups in total. The van der Waals surface area contributed by atoms with Crippen molar-refractivity contribution < 1.29 is 9.13 Å². The minimum absolute atomic E-state index is 0.354. The fourth-order valence-electron chi connectivity index (χ4n) is 2.66. The summed E-state index contributed by atoms with van der Waals surface area (Å²) < 4.78 is 20.9. The Hall–Kier alpha value is -2.21. The second-order valence-electron chi connectivity index (χ2n) is 5.46. The Kier molecular flexibility index (Phi) is 4.20. The Morgan fingerprint density at radius 3 is 2.41 bits per heavy atom. The number of nitrogens with zero attached hydrogens (tertiary/aromatic N) is 2. The Morgan fingerprint density at radius 1 is 1.05 bits per heavy atom. The lowest BCUT2D eigenvalue weighted by atomic mass is 10.0. The van der Waals surface area contributed by atoms with Gasteiger partial charge in [-0.1, -0.05) is 0 Å².